The Morgan fingerprint density at radius 3 is 1.24 bits per heavy atom. The van der Waals surface area contributed by atoms with Crippen molar-refractivity contribution < 1.29 is 4.79 Å². The summed E-state index contributed by atoms with van der Waals surface area (Å²) >= 11 is 0. The molecule has 0 saturated carbocycles. The van der Waals surface area contributed by atoms with E-state index in [1.165, 1.54) is 11.1 Å². The monoisotopic (exact) mass is 444 g/mol. The molecule has 0 atom stereocenters. The second-order valence-electron chi connectivity index (χ2n) is 8.20. The highest BCUT2D eigenvalue weighted by molar-refractivity contribution is 6.42. The van der Waals surface area contributed by atoms with Gasteiger partial charge in [-0.3, -0.25) is 4.79 Å². The molecule has 0 saturated heterocycles. The zero-order valence-electron chi connectivity index (χ0n) is 19.5. The largest absolute Gasteiger partial charge is 0.361 e. The number of carbonyl (C=O) groups excluding carboxylic acids is 1. The average molecular weight is 445 g/mol. The van der Waals surface area contributed by atoms with Crippen LogP contribution in [0, 0.1) is 13.8 Å². The van der Waals surface area contributed by atoms with Gasteiger partial charge in [0.25, 0.3) is 0 Å². The fourth-order valence-corrected chi connectivity index (χ4v) is 3.55. The third-order valence-corrected chi connectivity index (χ3v) is 5.53. The molecular formula is C31H28N2O. The highest BCUT2D eigenvalue weighted by atomic mass is 16.1. The van der Waals surface area contributed by atoms with E-state index in [0.29, 0.717) is 11.1 Å². The Kier molecular flexibility index (Phi) is 7.36. The number of aryl methyl sites for hydroxylation is 2. The number of carbonyl (C=O) groups is 1. The van der Waals surface area contributed by atoms with Gasteiger partial charge in [-0.15, -0.1) is 0 Å². The molecule has 0 aliphatic heterocycles. The summed E-state index contributed by atoms with van der Waals surface area (Å²) in [6.07, 6.45) is 3.59. The molecular weight excluding hydrogens is 416 g/mol. The summed E-state index contributed by atoms with van der Waals surface area (Å²) < 4.78 is 0. The standard InChI is InChI=1S/C31H28N2O/c1-23-13-17-27(18-14-23)32-21-29(25-9-5-3-6-10-25)31(34)30(26-11-7-4-8-12-26)22-33-28-19-15-24(2)16-20-28/h3-22,32-33H,1-2H3/b29-21+,30-22+. The zero-order valence-corrected chi connectivity index (χ0v) is 19.5. The highest BCUT2D eigenvalue weighted by Gasteiger charge is 2.19. The topological polar surface area (TPSA) is 41.1 Å². The van der Waals surface area contributed by atoms with Crippen LogP contribution in [0.5, 0.6) is 0 Å². The molecule has 34 heavy (non-hydrogen) atoms. The molecule has 0 heterocycles. The van der Waals surface area contributed by atoms with E-state index in [1.54, 1.807) is 12.4 Å². The summed E-state index contributed by atoms with van der Waals surface area (Å²) in [6, 6.07) is 35.7. The van der Waals surface area contributed by atoms with E-state index < -0.39 is 0 Å². The molecule has 3 nitrogen and oxygen atoms in total. The van der Waals surface area contributed by atoms with Crippen molar-refractivity contribution in [3.8, 4) is 0 Å². The van der Waals surface area contributed by atoms with Crippen LogP contribution in [0.3, 0.4) is 0 Å². The lowest BCUT2D eigenvalue weighted by Crippen LogP contribution is -2.09. The van der Waals surface area contributed by atoms with Crippen molar-refractivity contribution in [1.82, 2.24) is 0 Å². The van der Waals surface area contributed by atoms with Gasteiger partial charge in [0.2, 0.25) is 0 Å². The molecule has 0 radical (unpaired) electrons. The van der Waals surface area contributed by atoms with Gasteiger partial charge in [-0.25, -0.2) is 0 Å². The molecule has 0 spiro atoms. The molecule has 0 bridgehead atoms. The maximum absolute atomic E-state index is 14.0. The minimum atomic E-state index is -0.0726. The first-order chi connectivity index (χ1) is 16.6. The number of rotatable bonds is 8. The molecule has 0 unspecified atom stereocenters. The van der Waals surface area contributed by atoms with Crippen molar-refractivity contribution in [2.24, 2.45) is 0 Å². The van der Waals surface area contributed by atoms with E-state index in [-0.39, 0.29) is 5.78 Å². The Morgan fingerprint density at radius 2 is 0.882 bits per heavy atom. The Bertz CT molecular complexity index is 1180. The van der Waals surface area contributed by atoms with Gasteiger partial charge in [0.1, 0.15) is 0 Å². The Labute approximate surface area is 201 Å². The number of nitrogens with one attached hydrogen (secondary N) is 2. The summed E-state index contributed by atoms with van der Waals surface area (Å²) in [5, 5.41) is 6.61. The van der Waals surface area contributed by atoms with Gasteiger partial charge >= 0.3 is 0 Å². The Hall–Kier alpha value is -4.37. The van der Waals surface area contributed by atoms with Gasteiger partial charge < -0.3 is 10.6 Å². The second-order valence-corrected chi connectivity index (χ2v) is 8.20. The first-order valence-electron chi connectivity index (χ1n) is 11.3. The van der Waals surface area contributed by atoms with Crippen molar-refractivity contribution in [2.45, 2.75) is 13.8 Å². The predicted octanol–water partition coefficient (Wildman–Crippen LogP) is 7.48. The summed E-state index contributed by atoms with van der Waals surface area (Å²) in [6.45, 7) is 4.10. The molecule has 0 aliphatic rings. The van der Waals surface area contributed by atoms with Gasteiger partial charge in [0.05, 0.1) is 0 Å². The van der Waals surface area contributed by atoms with Gasteiger partial charge in [-0.2, -0.15) is 0 Å². The maximum Gasteiger partial charge on any atom is 0.197 e. The molecule has 0 aromatic heterocycles. The van der Waals surface area contributed by atoms with Gasteiger partial charge in [-0.05, 0) is 49.2 Å². The Morgan fingerprint density at radius 1 is 0.529 bits per heavy atom. The van der Waals surface area contributed by atoms with Crippen molar-refractivity contribution in [1.29, 1.82) is 0 Å². The van der Waals surface area contributed by atoms with Crippen LogP contribution in [0.4, 0.5) is 11.4 Å². The first-order valence-corrected chi connectivity index (χ1v) is 11.3. The SMILES string of the molecule is Cc1ccc(N/C=C(/C(=O)/C(=C/Nc2ccc(C)cc2)c2ccccc2)c2ccccc2)cc1. The predicted molar refractivity (Wildman–Crippen MR) is 143 cm³/mol. The third kappa shape index (κ3) is 5.90. The minimum Gasteiger partial charge on any atom is -0.361 e. The summed E-state index contributed by atoms with van der Waals surface area (Å²) in [4.78, 5) is 14.0. The van der Waals surface area contributed by atoms with Crippen LogP contribution in [0.15, 0.2) is 122 Å². The van der Waals surface area contributed by atoms with E-state index in [0.717, 1.165) is 22.5 Å². The van der Waals surface area contributed by atoms with Crippen LogP contribution < -0.4 is 10.6 Å². The van der Waals surface area contributed by atoms with E-state index in [4.69, 9.17) is 0 Å². The zero-order chi connectivity index (χ0) is 23.8. The van der Waals surface area contributed by atoms with Crippen LogP contribution in [0.2, 0.25) is 0 Å². The second kappa shape index (κ2) is 11.0. The molecule has 0 fully saturated rings. The van der Waals surface area contributed by atoms with Crippen LogP contribution in [0.1, 0.15) is 22.3 Å². The maximum atomic E-state index is 14.0. The number of hydrogen-bond acceptors (Lipinski definition) is 3. The van der Waals surface area contributed by atoms with Gasteiger partial charge in [-0.1, -0.05) is 96.1 Å². The van der Waals surface area contributed by atoms with Crippen LogP contribution in [-0.2, 0) is 4.79 Å². The molecule has 0 amide bonds. The van der Waals surface area contributed by atoms with E-state index in [1.807, 2.05) is 109 Å². The Balaban J connectivity index is 1.73. The van der Waals surface area contributed by atoms with Crippen molar-refractivity contribution in [3.63, 3.8) is 0 Å². The van der Waals surface area contributed by atoms with Crippen molar-refractivity contribution in [2.75, 3.05) is 10.6 Å². The van der Waals surface area contributed by atoms with E-state index >= 15 is 0 Å². The third-order valence-electron chi connectivity index (χ3n) is 5.53. The average Bonchev–Trinajstić information content (AvgIpc) is 2.88. The molecule has 3 heteroatoms. The van der Waals surface area contributed by atoms with E-state index in [9.17, 15) is 4.79 Å². The number of ketones is 1. The number of anilines is 2. The quantitative estimate of drug-likeness (QED) is 0.277. The lowest BCUT2D eigenvalue weighted by molar-refractivity contribution is -0.108. The fraction of sp³-hybridized carbons (Fsp3) is 0.0645. The minimum absolute atomic E-state index is 0.0726. The van der Waals surface area contributed by atoms with E-state index in [2.05, 4.69) is 24.5 Å². The smallest absolute Gasteiger partial charge is 0.197 e. The van der Waals surface area contributed by atoms with Gasteiger partial charge in [0.15, 0.2) is 5.78 Å². The summed E-state index contributed by atoms with van der Waals surface area (Å²) in [5.41, 5.74) is 7.10. The van der Waals surface area contributed by atoms with Gasteiger partial charge in [0, 0.05) is 34.9 Å². The number of benzene rings is 4. The molecule has 4 aromatic carbocycles. The number of hydrogen-bond donors (Lipinski definition) is 2. The molecule has 4 aromatic rings. The number of allylic oxidation sites excluding steroid dienone is 2. The first kappa shape index (κ1) is 22.8. The molecule has 4 rings (SSSR count). The van der Waals surface area contributed by atoms with Crippen molar-refractivity contribution >= 4 is 28.3 Å². The normalized spacial score (nSPS) is 11.7. The lowest BCUT2D eigenvalue weighted by Gasteiger charge is -2.13. The molecule has 168 valence electrons. The molecule has 0 aliphatic carbocycles. The summed E-state index contributed by atoms with van der Waals surface area (Å²) in [5.74, 6) is -0.0726. The van der Waals surface area contributed by atoms with Crippen LogP contribution in [-0.4, -0.2) is 5.78 Å². The number of Topliss-reactive ketones (excluding diaryl/α,β-unsaturated/α-hetero) is 1. The van der Waals surface area contributed by atoms with Crippen LogP contribution in [0.25, 0.3) is 11.1 Å². The fourth-order valence-electron chi connectivity index (χ4n) is 3.55. The molecule has 2 N–H and O–H groups in total. The highest BCUT2D eigenvalue weighted by Crippen LogP contribution is 2.26. The summed E-state index contributed by atoms with van der Waals surface area (Å²) in [7, 11) is 0. The lowest BCUT2D eigenvalue weighted by atomic mass is 9.93. The van der Waals surface area contributed by atoms with Crippen molar-refractivity contribution in [3.05, 3.63) is 144 Å². The van der Waals surface area contributed by atoms with Crippen LogP contribution >= 0.6 is 0 Å².